The molecule has 4 heterocycles. The summed E-state index contributed by atoms with van der Waals surface area (Å²) in [6.45, 7) is 9.00. The molecule has 2 saturated heterocycles. The van der Waals surface area contributed by atoms with E-state index in [4.69, 9.17) is 11.5 Å². The number of amidine groups is 1. The third-order valence-corrected chi connectivity index (χ3v) is 17.1. The van der Waals surface area contributed by atoms with Crippen LogP contribution in [-0.2, 0) is 33.1 Å². The second-order valence-electron chi connectivity index (χ2n) is 16.2. The molecule has 0 radical (unpaired) electrons. The van der Waals surface area contributed by atoms with E-state index in [-0.39, 0.29) is 15.2 Å². The zero-order chi connectivity index (χ0) is 45.6. The van der Waals surface area contributed by atoms with Gasteiger partial charge in [0, 0.05) is 41.5 Å². The Morgan fingerprint density at radius 3 is 1.48 bits per heavy atom. The summed E-state index contributed by atoms with van der Waals surface area (Å²) in [6.07, 6.45) is 11.9. The van der Waals surface area contributed by atoms with Gasteiger partial charge in [0.05, 0.1) is 29.4 Å². The number of hydrazone groups is 1. The minimum absolute atomic E-state index is 0.0331. The number of benzene rings is 4. The van der Waals surface area contributed by atoms with Crippen molar-refractivity contribution >= 4 is 82.5 Å². The molecule has 8 rings (SSSR count). The fourth-order valence-corrected chi connectivity index (χ4v) is 12.1. The number of nitrogens with zero attached hydrogens (tertiary/aromatic N) is 8. The second kappa shape index (κ2) is 22.8. The van der Waals surface area contributed by atoms with E-state index in [9.17, 15) is 16.8 Å². The van der Waals surface area contributed by atoms with Crippen LogP contribution in [0.15, 0.2) is 143 Å². The smallest absolute Gasteiger partial charge is 0.284 e. The number of nitrogens with two attached hydrogens (primary N) is 2. The van der Waals surface area contributed by atoms with Crippen LogP contribution in [-0.4, -0.2) is 112 Å². The Morgan fingerprint density at radius 2 is 1.05 bits per heavy atom. The van der Waals surface area contributed by atoms with Crippen LogP contribution in [0.25, 0.3) is 0 Å². The molecular formula is C45H58N10O4S5. The van der Waals surface area contributed by atoms with Gasteiger partial charge in [0.1, 0.15) is 4.38 Å². The molecule has 64 heavy (non-hydrogen) atoms. The SMILES string of the molecule is CSC(=NS(=O)(=O)c1ccc(N)cc1)N1CC2(C=N1)CCN(Cc1ccccc1)CC2.CSC(=NS(=O)(=O)c1ccc(N)cc1)SC.c1ccc(CN2CCC3(CC2)CN=NC3)cc1. The van der Waals surface area contributed by atoms with E-state index >= 15 is 0 Å². The highest BCUT2D eigenvalue weighted by atomic mass is 32.2. The summed E-state index contributed by atoms with van der Waals surface area (Å²) in [7, 11) is -7.43. The molecule has 4 aromatic carbocycles. The van der Waals surface area contributed by atoms with Gasteiger partial charge in [0.25, 0.3) is 20.0 Å². The molecule has 2 spiro atoms. The Balaban J connectivity index is 0.000000174. The van der Waals surface area contributed by atoms with Gasteiger partial charge in [-0.05, 0) is 130 Å². The molecular weight excluding hydrogens is 905 g/mol. The highest BCUT2D eigenvalue weighted by Crippen LogP contribution is 2.37. The number of thioether (sulfide) groups is 3. The minimum Gasteiger partial charge on any atom is -0.399 e. The fraction of sp³-hybridized carbons (Fsp3) is 0.400. The van der Waals surface area contributed by atoms with Gasteiger partial charge >= 0.3 is 0 Å². The van der Waals surface area contributed by atoms with Gasteiger partial charge in [-0.3, -0.25) is 9.80 Å². The lowest BCUT2D eigenvalue weighted by atomic mass is 9.79. The van der Waals surface area contributed by atoms with Crippen molar-refractivity contribution in [1.29, 1.82) is 0 Å². The number of likely N-dealkylation sites (tertiary alicyclic amines) is 2. The van der Waals surface area contributed by atoms with Crippen LogP contribution in [0.3, 0.4) is 0 Å². The number of azo groups is 1. The first kappa shape index (κ1) is 49.2. The highest BCUT2D eigenvalue weighted by molar-refractivity contribution is 8.38. The lowest BCUT2D eigenvalue weighted by Gasteiger charge is -2.37. The number of sulfonamides is 2. The Kier molecular flexibility index (Phi) is 17.5. The highest BCUT2D eigenvalue weighted by Gasteiger charge is 2.40. The van der Waals surface area contributed by atoms with E-state index in [2.05, 4.69) is 88.5 Å². The van der Waals surface area contributed by atoms with Gasteiger partial charge in [-0.1, -0.05) is 72.4 Å². The van der Waals surface area contributed by atoms with Crippen LogP contribution in [0.1, 0.15) is 36.8 Å². The molecule has 0 atom stereocenters. The standard InChI is InChI=1S/C22H27N5O2S2.C14H19N3.C9H12N2O2S3/c1-30-21(25-31(28,29)20-9-7-19(23)8-10-20)27-17-22(16-24-27)11-13-26(14-12-22)15-18-5-3-2-4-6-18;1-2-4-13(5-3-1)10-17-8-6-14(7-9-17)11-15-16-12-14;1-14-9(15-2)11-16(12,13)8-5-3-7(10)4-6-8/h2-10,16H,11-15,17,23H2,1H3;1-5H,6-12H2;3-6H,10H2,1-2H3. The van der Waals surface area contributed by atoms with Crippen molar-refractivity contribution in [2.24, 2.45) is 35.0 Å². The molecule has 0 unspecified atom stereocenters. The van der Waals surface area contributed by atoms with E-state index in [1.807, 2.05) is 18.5 Å². The van der Waals surface area contributed by atoms with Gasteiger partial charge in [-0.15, -0.1) is 32.3 Å². The van der Waals surface area contributed by atoms with Crippen molar-refractivity contribution in [3.05, 3.63) is 120 Å². The van der Waals surface area contributed by atoms with Gasteiger partial charge in [-0.2, -0.15) is 32.2 Å². The van der Waals surface area contributed by atoms with Gasteiger partial charge in [0.15, 0.2) is 5.17 Å². The molecule has 4 aliphatic heterocycles. The van der Waals surface area contributed by atoms with Crippen LogP contribution >= 0.6 is 35.3 Å². The number of hydrogen-bond acceptors (Lipinski definition) is 14. The zero-order valence-electron chi connectivity index (χ0n) is 36.6. The molecule has 0 saturated carbocycles. The monoisotopic (exact) mass is 962 g/mol. The first-order valence-corrected chi connectivity index (χ1v) is 27.5. The van der Waals surface area contributed by atoms with Crippen LogP contribution in [0, 0.1) is 10.8 Å². The van der Waals surface area contributed by atoms with E-state index in [0.717, 1.165) is 52.1 Å². The Morgan fingerprint density at radius 1 is 0.609 bits per heavy atom. The summed E-state index contributed by atoms with van der Waals surface area (Å²) in [5.41, 5.74) is 15.3. The third-order valence-electron chi connectivity index (χ3n) is 11.6. The van der Waals surface area contributed by atoms with E-state index in [1.54, 1.807) is 41.8 Å². The maximum absolute atomic E-state index is 12.7. The summed E-state index contributed by atoms with van der Waals surface area (Å²) >= 11 is 3.90. The van der Waals surface area contributed by atoms with Crippen molar-refractivity contribution < 1.29 is 16.8 Å². The lowest BCUT2D eigenvalue weighted by Crippen LogP contribution is -2.43. The summed E-state index contributed by atoms with van der Waals surface area (Å²) in [4.78, 5) is 5.30. The Labute approximate surface area is 391 Å². The summed E-state index contributed by atoms with van der Waals surface area (Å²) in [5.74, 6) is 0. The lowest BCUT2D eigenvalue weighted by molar-refractivity contribution is 0.121. The molecule has 2 fully saturated rings. The average Bonchev–Trinajstić information content (AvgIpc) is 3.95. The topological polar surface area (TPSA) is 192 Å². The van der Waals surface area contributed by atoms with Gasteiger partial charge in [-0.25, -0.2) is 5.01 Å². The summed E-state index contributed by atoms with van der Waals surface area (Å²) in [5, 5.41) is 15.0. The number of piperidine rings is 2. The zero-order valence-corrected chi connectivity index (χ0v) is 40.7. The molecule has 0 aromatic heterocycles. The summed E-state index contributed by atoms with van der Waals surface area (Å²) in [6, 6.07) is 33.3. The Bertz CT molecular complexity index is 2440. The van der Waals surface area contributed by atoms with Crippen molar-refractivity contribution in [1.82, 2.24) is 14.8 Å². The minimum atomic E-state index is -3.82. The number of hydrogen-bond donors (Lipinski definition) is 2. The summed E-state index contributed by atoms with van der Waals surface area (Å²) < 4.78 is 57.4. The average molecular weight is 963 g/mol. The second-order valence-corrected chi connectivity index (χ2v) is 22.0. The van der Waals surface area contributed by atoms with Crippen molar-refractivity contribution in [3.8, 4) is 0 Å². The maximum Gasteiger partial charge on any atom is 0.284 e. The number of nitrogen functional groups attached to an aromatic ring is 2. The number of rotatable bonds is 8. The van der Waals surface area contributed by atoms with Crippen molar-refractivity contribution in [3.63, 3.8) is 0 Å². The molecule has 4 N–H and O–H groups in total. The molecule has 0 amide bonds. The van der Waals surface area contributed by atoms with Crippen LogP contribution < -0.4 is 11.5 Å². The number of anilines is 2. The van der Waals surface area contributed by atoms with Crippen LogP contribution in [0.2, 0.25) is 0 Å². The largest absolute Gasteiger partial charge is 0.399 e. The van der Waals surface area contributed by atoms with Crippen molar-refractivity contribution in [2.75, 3.05) is 76.0 Å². The van der Waals surface area contributed by atoms with E-state index < -0.39 is 20.0 Å². The maximum atomic E-state index is 12.7. The predicted octanol–water partition coefficient (Wildman–Crippen LogP) is 8.03. The Hall–Kier alpha value is -4.24. The normalized spacial score (nSPS) is 18.3. The van der Waals surface area contributed by atoms with Gasteiger partial charge in [0.2, 0.25) is 0 Å². The van der Waals surface area contributed by atoms with Gasteiger partial charge < -0.3 is 11.5 Å². The fourth-order valence-electron chi connectivity index (χ4n) is 7.70. The van der Waals surface area contributed by atoms with Crippen LogP contribution in [0.5, 0.6) is 0 Å². The molecule has 4 aliphatic rings. The molecule has 19 heteroatoms. The predicted molar refractivity (Wildman–Crippen MR) is 268 cm³/mol. The molecule has 342 valence electrons. The van der Waals surface area contributed by atoms with Crippen molar-refractivity contribution in [2.45, 2.75) is 48.6 Å². The molecule has 4 aromatic rings. The van der Waals surface area contributed by atoms with Crippen LogP contribution in [0.4, 0.5) is 11.4 Å². The third kappa shape index (κ3) is 13.9. The molecule has 0 aliphatic carbocycles. The first-order chi connectivity index (χ1) is 30.7. The molecule has 0 bridgehead atoms. The first-order valence-electron chi connectivity index (χ1n) is 21.0. The molecule has 14 nitrogen and oxygen atoms in total. The van der Waals surface area contributed by atoms with E-state index in [1.165, 1.54) is 96.6 Å². The quantitative estimate of drug-likeness (QED) is 0.0983. The van der Waals surface area contributed by atoms with E-state index in [0.29, 0.717) is 32.9 Å².